The van der Waals surface area contributed by atoms with E-state index >= 15 is 0 Å². The Hall–Kier alpha value is -0.0700. The van der Waals surface area contributed by atoms with Crippen LogP contribution in [0.5, 0.6) is 0 Å². The van der Waals surface area contributed by atoms with Crippen LogP contribution in [0.2, 0.25) is 0 Å². The second-order valence-electron chi connectivity index (χ2n) is 9.81. The maximum Gasteiger partial charge on any atom is 0.452 e. The molecule has 0 saturated carbocycles. The minimum absolute atomic E-state index is 0.158. The minimum Gasteiger partial charge on any atom is -0.304 e. The molecule has 0 aliphatic carbocycles. The van der Waals surface area contributed by atoms with Gasteiger partial charge in [0.1, 0.15) is 6.10 Å². The average Bonchev–Trinajstić information content (AvgIpc) is 2.89. The van der Waals surface area contributed by atoms with Crippen LogP contribution in [-0.2, 0) is 23.4 Å². The highest BCUT2D eigenvalue weighted by Gasteiger charge is 2.37. The average molecular weight is 553 g/mol. The van der Waals surface area contributed by atoms with Crippen molar-refractivity contribution < 1.29 is 28.2 Å². The molecular weight excluding hydrogens is 495 g/mol. The molecule has 0 aliphatic heterocycles. The lowest BCUT2D eigenvalue weighted by Crippen LogP contribution is -2.25. The Morgan fingerprint density at radius 3 is 1.75 bits per heavy atom. The van der Waals surface area contributed by atoms with Crippen LogP contribution in [0.1, 0.15) is 143 Å². The van der Waals surface area contributed by atoms with E-state index in [1.54, 1.807) is 0 Å². The summed E-state index contributed by atoms with van der Waals surface area (Å²) < 4.78 is 22.4. The first-order valence-electron chi connectivity index (χ1n) is 14.7. The van der Waals surface area contributed by atoms with Gasteiger partial charge in [-0.2, -0.15) is 16.6 Å². The first-order chi connectivity index (χ1) is 17.4. The lowest BCUT2D eigenvalue weighted by molar-refractivity contribution is -0.262. The van der Waals surface area contributed by atoms with Crippen LogP contribution in [0.3, 0.4) is 0 Å². The van der Waals surface area contributed by atoms with Crippen molar-refractivity contribution in [3.8, 4) is 0 Å². The zero-order chi connectivity index (χ0) is 26.9. The fraction of sp³-hybridized carbons (Fsp3) is 0.964. The van der Waals surface area contributed by atoms with E-state index in [-0.39, 0.29) is 18.0 Å². The molecule has 36 heavy (non-hydrogen) atoms. The van der Waals surface area contributed by atoms with Gasteiger partial charge in [0.05, 0.1) is 6.61 Å². The highest BCUT2D eigenvalue weighted by atomic mass is 32.2. The number of hydrogen-bond acceptors (Lipinski definition) is 7. The summed E-state index contributed by atoms with van der Waals surface area (Å²) in [5.74, 6) is 1.08. The Kier molecular flexibility index (Phi) is 25.2. The van der Waals surface area contributed by atoms with E-state index in [9.17, 15) is 9.36 Å². The molecule has 0 aromatic carbocycles. The van der Waals surface area contributed by atoms with Crippen LogP contribution in [0, 0.1) is 0 Å². The highest BCUT2D eigenvalue weighted by Crippen LogP contribution is 2.49. The van der Waals surface area contributed by atoms with Crippen molar-refractivity contribution in [1.29, 1.82) is 0 Å². The third kappa shape index (κ3) is 19.1. The lowest BCUT2D eigenvalue weighted by atomic mass is 10.1. The summed E-state index contributed by atoms with van der Waals surface area (Å²) in [7, 11) is -2.79. The summed E-state index contributed by atoms with van der Waals surface area (Å²) in [5.41, 5.74) is -1.08. The highest BCUT2D eigenvalue weighted by molar-refractivity contribution is 7.99. The van der Waals surface area contributed by atoms with E-state index in [0.29, 0.717) is 6.42 Å². The van der Waals surface area contributed by atoms with Crippen molar-refractivity contribution in [1.82, 2.24) is 0 Å². The molecule has 0 amide bonds. The van der Waals surface area contributed by atoms with Crippen LogP contribution in [0.4, 0.5) is 4.79 Å². The Morgan fingerprint density at radius 1 is 0.750 bits per heavy atom. The van der Waals surface area contributed by atoms with Crippen molar-refractivity contribution >= 4 is 25.1 Å². The zero-order valence-corrected chi connectivity index (χ0v) is 25.8. The van der Waals surface area contributed by atoms with Crippen molar-refractivity contribution in [3.05, 3.63) is 0 Å². The topological polar surface area (TPSA) is 71.1 Å². The van der Waals surface area contributed by atoms with E-state index in [1.807, 2.05) is 25.6 Å². The Morgan fingerprint density at radius 2 is 1.25 bits per heavy atom. The van der Waals surface area contributed by atoms with Crippen LogP contribution in [0.25, 0.3) is 0 Å². The van der Waals surface area contributed by atoms with E-state index in [4.69, 9.17) is 18.8 Å². The van der Waals surface area contributed by atoms with Crippen molar-refractivity contribution in [2.45, 2.75) is 155 Å². The first kappa shape index (κ1) is 35.9. The van der Waals surface area contributed by atoms with Gasteiger partial charge < -0.3 is 9.05 Å². The number of rotatable bonds is 27. The predicted molar refractivity (Wildman–Crippen MR) is 154 cm³/mol. The Balaban J connectivity index is 4.35. The molecular formula is C28H57O6PS. The van der Waals surface area contributed by atoms with E-state index in [1.165, 1.54) is 103 Å². The molecule has 0 rings (SSSR count). The quantitative estimate of drug-likeness (QED) is 0.0434. The van der Waals surface area contributed by atoms with Gasteiger partial charge in [0, 0.05) is 12.4 Å². The number of carbonyl (C=O) groups is 1. The summed E-state index contributed by atoms with van der Waals surface area (Å²) in [4.78, 5) is 22.6. The van der Waals surface area contributed by atoms with Gasteiger partial charge in [-0.1, -0.05) is 117 Å². The fourth-order valence-electron chi connectivity index (χ4n) is 4.02. The second kappa shape index (κ2) is 25.2. The van der Waals surface area contributed by atoms with Crippen LogP contribution < -0.4 is 0 Å². The normalized spacial score (nSPS) is 14.9. The molecule has 0 fully saturated rings. The van der Waals surface area contributed by atoms with Gasteiger partial charge in [-0.3, -0.25) is 4.89 Å². The monoisotopic (exact) mass is 552 g/mol. The van der Waals surface area contributed by atoms with Gasteiger partial charge in [-0.15, -0.1) is 0 Å². The minimum atomic E-state index is -3.97. The van der Waals surface area contributed by atoms with Gasteiger partial charge in [-0.05, 0) is 31.9 Å². The van der Waals surface area contributed by atoms with Crippen molar-refractivity contribution in [2.75, 3.05) is 19.5 Å². The molecule has 0 aliphatic rings. The molecule has 3 unspecified atom stereocenters. The third-order valence-electron chi connectivity index (χ3n) is 6.40. The molecule has 0 radical (unpaired) electrons. The molecule has 6 nitrogen and oxygen atoms in total. The third-order valence-corrected chi connectivity index (χ3v) is 9.49. The van der Waals surface area contributed by atoms with Gasteiger partial charge in [-0.25, -0.2) is 9.36 Å². The molecule has 216 valence electrons. The van der Waals surface area contributed by atoms with E-state index < -0.39 is 13.3 Å². The molecule has 3 atom stereocenters. The van der Waals surface area contributed by atoms with Crippen LogP contribution in [0.15, 0.2) is 0 Å². The Labute approximate surface area is 227 Å². The van der Waals surface area contributed by atoms with Crippen LogP contribution in [-0.4, -0.2) is 36.5 Å². The van der Waals surface area contributed by atoms with E-state index in [2.05, 4.69) is 13.8 Å². The van der Waals surface area contributed by atoms with Crippen LogP contribution >= 0.6 is 19.4 Å². The largest absolute Gasteiger partial charge is 0.452 e. The number of thioether (sulfide) groups is 1. The van der Waals surface area contributed by atoms with Crippen molar-refractivity contribution in [2.24, 2.45) is 0 Å². The maximum absolute atomic E-state index is 12.5. The lowest BCUT2D eigenvalue weighted by Gasteiger charge is -2.23. The van der Waals surface area contributed by atoms with Gasteiger partial charge in [0.25, 0.3) is 0 Å². The number of unbranched alkanes of at least 4 members (excludes halogenated alkanes) is 14. The fourth-order valence-corrected chi connectivity index (χ4v) is 6.26. The first-order valence-corrected chi connectivity index (χ1v) is 17.3. The molecule has 0 N–H and O–H groups in total. The van der Waals surface area contributed by atoms with E-state index in [0.717, 1.165) is 18.6 Å². The molecule has 0 aromatic heterocycles. The summed E-state index contributed by atoms with van der Waals surface area (Å²) in [5, 5.41) is 0.223. The summed E-state index contributed by atoms with van der Waals surface area (Å²) in [6.07, 6.45) is 22.2. The number of carbonyl (C=O) groups excluding carboxylic acids is 1. The van der Waals surface area contributed by atoms with Gasteiger partial charge >= 0.3 is 13.3 Å². The predicted octanol–water partition coefficient (Wildman–Crippen LogP) is 10.5. The molecule has 8 heteroatoms. The molecule has 0 saturated heterocycles. The SMILES string of the molecule is CCCCCCCCCCCCCSC(CCCCCCC)C(C)OOC(=O)P(=O)(OC)OCCC. The second-order valence-corrected chi connectivity index (χ2v) is 13.1. The summed E-state index contributed by atoms with van der Waals surface area (Å²) >= 11 is 1.90. The zero-order valence-electron chi connectivity index (χ0n) is 24.1. The summed E-state index contributed by atoms with van der Waals surface area (Å²) in [6.45, 7) is 8.43. The summed E-state index contributed by atoms with van der Waals surface area (Å²) in [6, 6.07) is 0. The standard InChI is InChI=1S/C28H57O6PS/c1-6-9-11-13-14-15-16-17-18-20-22-25-36-27(23-21-19-12-10-7-2)26(4)33-34-28(29)35(30,31-5)32-24-8-3/h26-27H,6-25H2,1-5H3. The van der Waals surface area contributed by atoms with Gasteiger partial charge in [0.2, 0.25) is 0 Å². The van der Waals surface area contributed by atoms with Gasteiger partial charge in [0.15, 0.2) is 0 Å². The smallest absolute Gasteiger partial charge is 0.304 e. The molecule has 0 heterocycles. The molecule has 0 spiro atoms. The van der Waals surface area contributed by atoms with Crippen molar-refractivity contribution in [3.63, 3.8) is 0 Å². The molecule has 0 aromatic rings. The maximum atomic E-state index is 12.5. The Bertz CT molecular complexity index is 548. The number of hydrogen-bond donors (Lipinski definition) is 0. The molecule has 0 bridgehead atoms.